The van der Waals surface area contributed by atoms with E-state index in [1.165, 1.54) is 11.8 Å². The Labute approximate surface area is 93.0 Å². The van der Waals surface area contributed by atoms with E-state index in [4.69, 9.17) is 4.42 Å². The molecule has 0 radical (unpaired) electrons. The Kier molecular flexibility index (Phi) is 2.88. The summed E-state index contributed by atoms with van der Waals surface area (Å²) in [5.41, 5.74) is 1.56. The molecule has 0 fully saturated rings. The van der Waals surface area contributed by atoms with E-state index in [-0.39, 0.29) is 4.69 Å². The molecular weight excluding hydrogens is 266 g/mol. The summed E-state index contributed by atoms with van der Waals surface area (Å²) in [6.07, 6.45) is 0. The van der Waals surface area contributed by atoms with E-state index in [1.807, 2.05) is 24.3 Å². The van der Waals surface area contributed by atoms with Crippen molar-refractivity contribution in [3.63, 3.8) is 0 Å². The van der Waals surface area contributed by atoms with Crippen LogP contribution in [0.25, 0.3) is 11.1 Å². The number of nitrogens with zero attached hydrogens (tertiary/aromatic N) is 1. The molecule has 0 aliphatic rings. The summed E-state index contributed by atoms with van der Waals surface area (Å²) in [5, 5.41) is 0.527. The maximum Gasteiger partial charge on any atom is 0.257 e. The number of carbonyl (C=O) groups excluding carboxylic acids is 1. The fourth-order valence-corrected chi connectivity index (χ4v) is 1.92. The van der Waals surface area contributed by atoms with Crippen LogP contribution in [0.4, 0.5) is 0 Å². The molecule has 0 N–H and O–H groups in total. The molecule has 2 aromatic rings. The largest absolute Gasteiger partial charge is 0.431 e. The van der Waals surface area contributed by atoms with Gasteiger partial charge in [0.05, 0.1) is 5.75 Å². The highest BCUT2D eigenvalue weighted by Crippen LogP contribution is 2.23. The first-order valence-electron chi connectivity index (χ1n) is 3.92. The first-order chi connectivity index (χ1) is 6.75. The lowest BCUT2D eigenvalue weighted by atomic mass is 10.3. The average Bonchev–Trinajstić information content (AvgIpc) is 2.57. The zero-order valence-electron chi connectivity index (χ0n) is 7.07. The van der Waals surface area contributed by atoms with Crippen LogP contribution in [0.15, 0.2) is 33.9 Å². The molecule has 0 aliphatic carbocycles. The minimum Gasteiger partial charge on any atom is -0.431 e. The van der Waals surface area contributed by atoms with Gasteiger partial charge in [0, 0.05) is 0 Å². The zero-order chi connectivity index (χ0) is 9.97. The van der Waals surface area contributed by atoms with Gasteiger partial charge in [-0.05, 0) is 28.1 Å². The van der Waals surface area contributed by atoms with Crippen molar-refractivity contribution in [2.75, 3.05) is 5.75 Å². The highest BCUT2D eigenvalue weighted by atomic mass is 79.9. The van der Waals surface area contributed by atoms with Crippen molar-refractivity contribution < 1.29 is 9.21 Å². The minimum atomic E-state index is -0.0650. The van der Waals surface area contributed by atoms with Crippen molar-refractivity contribution in [3.05, 3.63) is 24.3 Å². The van der Waals surface area contributed by atoms with E-state index in [0.717, 1.165) is 11.1 Å². The van der Waals surface area contributed by atoms with Crippen molar-refractivity contribution in [2.45, 2.75) is 5.22 Å². The summed E-state index contributed by atoms with van der Waals surface area (Å²) in [7, 11) is 0. The topological polar surface area (TPSA) is 43.1 Å². The van der Waals surface area contributed by atoms with Gasteiger partial charge in [0.2, 0.25) is 4.69 Å². The summed E-state index contributed by atoms with van der Waals surface area (Å²) in [5.74, 6) is 0.326. The Morgan fingerprint density at radius 3 is 3.00 bits per heavy atom. The fraction of sp³-hybridized carbons (Fsp3) is 0.111. The van der Waals surface area contributed by atoms with E-state index in [0.29, 0.717) is 11.0 Å². The standard InChI is InChI=1S/C9H6BrNO2S/c10-8(12)5-14-9-11-6-3-1-2-4-7(6)13-9/h1-4H,5H2. The van der Waals surface area contributed by atoms with Crippen molar-refractivity contribution >= 4 is 43.5 Å². The molecule has 2 rings (SSSR count). The summed E-state index contributed by atoms with van der Waals surface area (Å²) in [4.78, 5) is 14.9. The van der Waals surface area contributed by atoms with Gasteiger partial charge in [-0.3, -0.25) is 4.79 Å². The first-order valence-corrected chi connectivity index (χ1v) is 5.70. The number of aromatic nitrogens is 1. The van der Waals surface area contributed by atoms with Crippen LogP contribution in [0, 0.1) is 0 Å². The molecular formula is C9H6BrNO2S. The monoisotopic (exact) mass is 271 g/mol. The molecule has 0 unspecified atom stereocenters. The van der Waals surface area contributed by atoms with Crippen LogP contribution in [0.1, 0.15) is 0 Å². The minimum absolute atomic E-state index is 0.0650. The van der Waals surface area contributed by atoms with Crippen LogP contribution >= 0.6 is 27.7 Å². The molecule has 3 nitrogen and oxygen atoms in total. The second-order valence-electron chi connectivity index (χ2n) is 2.59. The lowest BCUT2D eigenvalue weighted by Gasteiger charge is -1.87. The predicted molar refractivity (Wildman–Crippen MR) is 58.7 cm³/mol. The molecule has 1 aromatic carbocycles. The molecule has 1 heterocycles. The van der Waals surface area contributed by atoms with Crippen molar-refractivity contribution in [1.82, 2.24) is 4.98 Å². The third-order valence-electron chi connectivity index (χ3n) is 1.58. The Hall–Kier alpha value is -0.810. The smallest absolute Gasteiger partial charge is 0.257 e. The number of rotatable bonds is 3. The lowest BCUT2D eigenvalue weighted by Crippen LogP contribution is -1.87. The van der Waals surface area contributed by atoms with Gasteiger partial charge < -0.3 is 4.42 Å². The number of benzene rings is 1. The number of oxazole rings is 1. The molecule has 0 aliphatic heterocycles. The molecule has 0 spiro atoms. The van der Waals surface area contributed by atoms with Crippen LogP contribution in [-0.4, -0.2) is 15.4 Å². The number of hydrogen-bond donors (Lipinski definition) is 0. The summed E-state index contributed by atoms with van der Waals surface area (Å²) >= 11 is 4.13. The maximum atomic E-state index is 10.7. The molecule has 72 valence electrons. The quantitative estimate of drug-likeness (QED) is 0.636. The zero-order valence-corrected chi connectivity index (χ0v) is 9.47. The molecule has 0 bridgehead atoms. The van der Waals surface area contributed by atoms with Gasteiger partial charge in [0.15, 0.2) is 5.58 Å². The van der Waals surface area contributed by atoms with Gasteiger partial charge in [-0.15, -0.1) is 0 Å². The Morgan fingerprint density at radius 1 is 1.50 bits per heavy atom. The predicted octanol–water partition coefficient (Wildman–Crippen LogP) is 2.84. The van der Waals surface area contributed by atoms with E-state index >= 15 is 0 Å². The van der Waals surface area contributed by atoms with Crippen LogP contribution in [0.3, 0.4) is 0 Å². The van der Waals surface area contributed by atoms with Gasteiger partial charge in [0.25, 0.3) is 5.22 Å². The molecule has 0 saturated heterocycles. The molecule has 5 heteroatoms. The molecule has 14 heavy (non-hydrogen) atoms. The SMILES string of the molecule is O=C(Br)CSc1nc2ccccc2o1. The third-order valence-corrected chi connectivity index (χ3v) is 3.06. The highest BCUT2D eigenvalue weighted by molar-refractivity contribution is 9.18. The van der Waals surface area contributed by atoms with Crippen molar-refractivity contribution in [1.29, 1.82) is 0 Å². The lowest BCUT2D eigenvalue weighted by molar-refractivity contribution is -0.108. The van der Waals surface area contributed by atoms with Gasteiger partial charge in [-0.1, -0.05) is 23.9 Å². The second-order valence-corrected chi connectivity index (χ2v) is 4.40. The Bertz CT molecular complexity index is 436. The van der Waals surface area contributed by atoms with Gasteiger partial charge in [-0.2, -0.15) is 0 Å². The molecule has 1 aromatic heterocycles. The summed E-state index contributed by atoms with van der Waals surface area (Å²) < 4.78 is 5.33. The number of fused-ring (bicyclic) bond motifs is 1. The normalized spacial score (nSPS) is 10.6. The fourth-order valence-electron chi connectivity index (χ4n) is 1.03. The van der Waals surface area contributed by atoms with Crippen LogP contribution in [0.5, 0.6) is 0 Å². The maximum absolute atomic E-state index is 10.7. The van der Waals surface area contributed by atoms with Gasteiger partial charge in [0.1, 0.15) is 5.52 Å². The Balaban J connectivity index is 2.22. The highest BCUT2D eigenvalue weighted by Gasteiger charge is 2.06. The molecule has 0 saturated carbocycles. The first kappa shape index (κ1) is 9.73. The van der Waals surface area contributed by atoms with Crippen LogP contribution in [-0.2, 0) is 4.79 Å². The van der Waals surface area contributed by atoms with Crippen molar-refractivity contribution in [3.8, 4) is 0 Å². The average molecular weight is 272 g/mol. The van der Waals surface area contributed by atoms with E-state index in [1.54, 1.807) is 0 Å². The van der Waals surface area contributed by atoms with Crippen LogP contribution in [0.2, 0.25) is 0 Å². The third kappa shape index (κ3) is 2.16. The van der Waals surface area contributed by atoms with E-state index in [2.05, 4.69) is 20.9 Å². The molecule has 0 amide bonds. The number of para-hydroxylation sites is 2. The Morgan fingerprint density at radius 2 is 2.29 bits per heavy atom. The second kappa shape index (κ2) is 4.14. The van der Waals surface area contributed by atoms with E-state index in [9.17, 15) is 4.79 Å². The number of thioether (sulfide) groups is 1. The van der Waals surface area contributed by atoms with Gasteiger partial charge in [-0.25, -0.2) is 4.98 Å². The number of hydrogen-bond acceptors (Lipinski definition) is 4. The van der Waals surface area contributed by atoms with E-state index < -0.39 is 0 Å². The summed E-state index contributed by atoms with van der Waals surface area (Å²) in [6.45, 7) is 0. The summed E-state index contributed by atoms with van der Waals surface area (Å²) in [6, 6.07) is 7.51. The van der Waals surface area contributed by atoms with Crippen LogP contribution < -0.4 is 0 Å². The molecule has 0 atom stereocenters. The number of carbonyl (C=O) groups is 1. The van der Waals surface area contributed by atoms with Crippen molar-refractivity contribution in [2.24, 2.45) is 0 Å². The van der Waals surface area contributed by atoms with Gasteiger partial charge >= 0.3 is 0 Å². The number of halogens is 1.